The molecule has 0 unspecified atom stereocenters. The number of rotatable bonds is 5. The van der Waals surface area contributed by atoms with E-state index >= 15 is 0 Å². The van der Waals surface area contributed by atoms with Crippen LogP contribution < -0.4 is 14.4 Å². The van der Waals surface area contributed by atoms with Gasteiger partial charge in [0.25, 0.3) is 15.9 Å². The van der Waals surface area contributed by atoms with Gasteiger partial charge in [-0.2, -0.15) is 0 Å². The lowest BCUT2D eigenvalue weighted by Crippen LogP contribution is -2.51. The van der Waals surface area contributed by atoms with E-state index in [0.29, 0.717) is 11.4 Å². The Bertz CT molecular complexity index is 1490. The fraction of sp³-hybridized carbons (Fsp3) is 0.406. The first-order chi connectivity index (χ1) is 18.4. The molecule has 1 N–H and O–H groups in total. The van der Waals surface area contributed by atoms with Gasteiger partial charge in [0.05, 0.1) is 23.2 Å². The number of benzene rings is 3. The van der Waals surface area contributed by atoms with E-state index in [2.05, 4.69) is 44.3 Å². The number of anilines is 1. The van der Waals surface area contributed by atoms with Crippen LogP contribution in [-0.4, -0.2) is 27.0 Å². The van der Waals surface area contributed by atoms with Gasteiger partial charge in [-0.1, -0.05) is 62.7 Å². The van der Waals surface area contributed by atoms with E-state index < -0.39 is 16.1 Å². The first kappa shape index (κ1) is 27.3. The number of aryl methyl sites for hydroxylation is 3. The third-order valence-electron chi connectivity index (χ3n) is 7.83. The van der Waals surface area contributed by atoms with Gasteiger partial charge in [-0.05, 0) is 91.5 Å². The number of amides is 1. The topological polar surface area (TPSA) is 75.7 Å². The minimum absolute atomic E-state index is 0.112. The van der Waals surface area contributed by atoms with Gasteiger partial charge >= 0.3 is 0 Å². The zero-order valence-electron chi connectivity index (χ0n) is 23.5. The highest BCUT2D eigenvalue weighted by molar-refractivity contribution is 7.92. The summed E-state index contributed by atoms with van der Waals surface area (Å²) >= 11 is 0. The number of nitrogens with zero attached hydrogens (tertiary/aromatic N) is 1. The van der Waals surface area contributed by atoms with Crippen LogP contribution in [0.15, 0.2) is 65.6 Å². The monoisotopic (exact) mass is 546 g/mol. The van der Waals surface area contributed by atoms with Crippen LogP contribution in [0.4, 0.5) is 5.69 Å². The third-order valence-corrected chi connectivity index (χ3v) is 9.62. The fourth-order valence-corrected chi connectivity index (χ4v) is 6.80. The summed E-state index contributed by atoms with van der Waals surface area (Å²) in [6, 6.07) is 18.6. The van der Waals surface area contributed by atoms with Crippen LogP contribution >= 0.6 is 0 Å². The van der Waals surface area contributed by atoms with Gasteiger partial charge in [-0.25, -0.2) is 8.42 Å². The minimum Gasteiger partial charge on any atom is -0.476 e. The zero-order chi connectivity index (χ0) is 27.9. The summed E-state index contributed by atoms with van der Waals surface area (Å²) in [5.41, 5.74) is 6.01. The molecule has 2 aliphatic rings. The molecule has 0 radical (unpaired) electrons. The standard InChI is InChI=1S/C32H38N2O4S/c1-21-10-15-27(16-11-21)39(36,37)34-20-30(38-29-17-14-26(19-28(29)34)32(3,4)5)31(35)33-22(2)24-13-12-23-8-6-7-9-25(23)18-24/h10-19,22,30H,6-9,20H2,1-5H3,(H,33,35)/t22-,30-/m0/s1. The largest absolute Gasteiger partial charge is 0.476 e. The highest BCUT2D eigenvalue weighted by Gasteiger charge is 2.38. The molecular formula is C32H38N2O4S. The summed E-state index contributed by atoms with van der Waals surface area (Å²) in [6.07, 6.45) is 3.59. The minimum atomic E-state index is -3.94. The Morgan fingerprint density at radius 2 is 1.67 bits per heavy atom. The van der Waals surface area contributed by atoms with Crippen LogP contribution in [0.2, 0.25) is 0 Å². The Balaban J connectivity index is 1.45. The van der Waals surface area contributed by atoms with Gasteiger partial charge in [0.15, 0.2) is 6.10 Å². The molecule has 2 atom stereocenters. The van der Waals surface area contributed by atoms with E-state index in [4.69, 9.17) is 4.74 Å². The molecule has 0 saturated carbocycles. The molecular weight excluding hydrogens is 508 g/mol. The third kappa shape index (κ3) is 5.55. The van der Waals surface area contributed by atoms with Crippen molar-refractivity contribution in [1.82, 2.24) is 5.32 Å². The van der Waals surface area contributed by atoms with Crippen LogP contribution in [0, 0.1) is 6.92 Å². The smallest absolute Gasteiger partial charge is 0.264 e. The Hall–Kier alpha value is -3.32. The van der Waals surface area contributed by atoms with Gasteiger partial charge < -0.3 is 10.1 Å². The Morgan fingerprint density at radius 3 is 2.36 bits per heavy atom. The quantitative estimate of drug-likeness (QED) is 0.426. The SMILES string of the molecule is Cc1ccc(S(=O)(=O)N2C[C@@H](C(=O)N[C@@H](C)c3ccc4c(c3)CCCC4)Oc3ccc(C(C)(C)C)cc32)cc1. The van der Waals surface area contributed by atoms with Gasteiger partial charge in [0.2, 0.25) is 0 Å². The molecule has 5 rings (SSSR count). The van der Waals surface area contributed by atoms with Gasteiger partial charge in [0.1, 0.15) is 5.75 Å². The van der Waals surface area contributed by atoms with Crippen LogP contribution in [0.25, 0.3) is 0 Å². The average Bonchev–Trinajstić information content (AvgIpc) is 2.91. The maximum atomic E-state index is 13.9. The number of ether oxygens (including phenoxy) is 1. The fourth-order valence-electron chi connectivity index (χ4n) is 5.33. The van der Waals surface area contributed by atoms with E-state index in [1.54, 1.807) is 30.3 Å². The van der Waals surface area contributed by atoms with Crippen LogP contribution in [0.1, 0.15) is 74.4 Å². The number of hydrogen-bond acceptors (Lipinski definition) is 4. The van der Waals surface area contributed by atoms with Crippen molar-refractivity contribution in [3.8, 4) is 5.75 Å². The molecule has 1 amide bonds. The average molecular weight is 547 g/mol. The van der Waals surface area contributed by atoms with Gasteiger partial charge in [-0.15, -0.1) is 0 Å². The highest BCUT2D eigenvalue weighted by atomic mass is 32.2. The van der Waals surface area contributed by atoms with E-state index in [0.717, 1.165) is 29.5 Å². The molecule has 0 aromatic heterocycles. The molecule has 39 heavy (non-hydrogen) atoms. The molecule has 0 spiro atoms. The number of sulfonamides is 1. The summed E-state index contributed by atoms with van der Waals surface area (Å²) in [5, 5.41) is 3.07. The summed E-state index contributed by atoms with van der Waals surface area (Å²) in [5.74, 6) is 0.0430. The molecule has 3 aromatic carbocycles. The van der Waals surface area contributed by atoms with Crippen molar-refractivity contribution in [3.05, 3.63) is 88.5 Å². The highest BCUT2D eigenvalue weighted by Crippen LogP contribution is 2.40. The zero-order valence-corrected chi connectivity index (χ0v) is 24.3. The lowest BCUT2D eigenvalue weighted by Gasteiger charge is -2.36. The van der Waals surface area contributed by atoms with E-state index in [1.165, 1.54) is 28.3 Å². The summed E-state index contributed by atoms with van der Waals surface area (Å²) in [6.45, 7) is 10.00. The predicted molar refractivity (Wildman–Crippen MR) is 155 cm³/mol. The van der Waals surface area contributed by atoms with Crippen LogP contribution in [0.3, 0.4) is 0 Å². The van der Waals surface area contributed by atoms with Crippen molar-refractivity contribution in [1.29, 1.82) is 0 Å². The molecule has 206 valence electrons. The molecule has 1 aliphatic heterocycles. The van der Waals surface area contributed by atoms with E-state index in [9.17, 15) is 13.2 Å². The van der Waals surface area contributed by atoms with E-state index in [1.807, 2.05) is 26.0 Å². The molecule has 3 aromatic rings. The second-order valence-corrected chi connectivity index (χ2v) is 13.7. The van der Waals surface area contributed by atoms with Crippen LogP contribution in [-0.2, 0) is 33.1 Å². The Labute approximate surface area is 232 Å². The predicted octanol–water partition coefficient (Wildman–Crippen LogP) is 6.01. The van der Waals surface area contributed by atoms with Gasteiger partial charge in [0, 0.05) is 0 Å². The van der Waals surface area contributed by atoms with E-state index in [-0.39, 0.29) is 28.8 Å². The first-order valence-corrected chi connectivity index (χ1v) is 15.2. The maximum absolute atomic E-state index is 13.9. The number of carbonyl (C=O) groups excluding carboxylic acids is 1. The Kier molecular flexibility index (Phi) is 7.23. The van der Waals surface area contributed by atoms with Crippen molar-refractivity contribution in [2.45, 2.75) is 82.8 Å². The molecule has 6 nitrogen and oxygen atoms in total. The lowest BCUT2D eigenvalue weighted by molar-refractivity contribution is -0.128. The second kappa shape index (κ2) is 10.3. The summed E-state index contributed by atoms with van der Waals surface area (Å²) in [7, 11) is -3.94. The second-order valence-electron chi connectivity index (χ2n) is 11.9. The van der Waals surface area contributed by atoms with Crippen molar-refractivity contribution in [3.63, 3.8) is 0 Å². The van der Waals surface area contributed by atoms with Crippen molar-refractivity contribution >= 4 is 21.6 Å². The molecule has 1 heterocycles. The first-order valence-electron chi connectivity index (χ1n) is 13.8. The molecule has 0 bridgehead atoms. The van der Waals surface area contributed by atoms with Crippen LogP contribution in [0.5, 0.6) is 5.75 Å². The maximum Gasteiger partial charge on any atom is 0.264 e. The number of fused-ring (bicyclic) bond motifs is 2. The summed E-state index contributed by atoms with van der Waals surface area (Å²) in [4.78, 5) is 13.7. The van der Waals surface area contributed by atoms with Gasteiger partial charge in [-0.3, -0.25) is 9.10 Å². The molecule has 0 saturated heterocycles. The molecule has 7 heteroatoms. The molecule has 0 fully saturated rings. The molecule has 1 aliphatic carbocycles. The van der Waals surface area contributed by atoms with Crippen molar-refractivity contribution < 1.29 is 17.9 Å². The normalized spacial score (nSPS) is 18.0. The van der Waals surface area contributed by atoms with Crippen molar-refractivity contribution in [2.24, 2.45) is 0 Å². The number of hydrogen-bond donors (Lipinski definition) is 1. The number of carbonyl (C=O) groups is 1. The van der Waals surface area contributed by atoms with Crippen molar-refractivity contribution in [2.75, 3.05) is 10.8 Å². The Morgan fingerprint density at radius 1 is 0.974 bits per heavy atom. The lowest BCUT2D eigenvalue weighted by atomic mass is 9.86. The number of nitrogens with one attached hydrogen (secondary N) is 1. The summed E-state index contributed by atoms with van der Waals surface area (Å²) < 4.78 is 35.3.